The largest absolute Gasteiger partial charge is 0.493 e. The zero-order valence-corrected chi connectivity index (χ0v) is 23.6. The maximum absolute atomic E-state index is 12.5. The third-order valence-electron chi connectivity index (χ3n) is 6.00. The lowest BCUT2D eigenvalue weighted by molar-refractivity contribution is -0.134. The van der Waals surface area contributed by atoms with Crippen LogP contribution in [0.4, 0.5) is 0 Å². The number of carbonyl (C=O) groups is 3. The van der Waals surface area contributed by atoms with Crippen molar-refractivity contribution in [2.24, 2.45) is 5.92 Å². The molecule has 3 rings (SSSR count). The fraction of sp³-hybridized carbons (Fsp3) is 0.242. The van der Waals surface area contributed by atoms with Gasteiger partial charge < -0.3 is 29.2 Å². The quantitative estimate of drug-likeness (QED) is 0.158. The highest BCUT2D eigenvalue weighted by Gasteiger charge is 2.16. The van der Waals surface area contributed by atoms with Crippen molar-refractivity contribution in [2.45, 2.75) is 26.7 Å². The number of aliphatic hydroxyl groups is 2. The van der Waals surface area contributed by atoms with Gasteiger partial charge in [0.2, 0.25) is 0 Å². The van der Waals surface area contributed by atoms with Crippen LogP contribution in [-0.4, -0.2) is 47.9 Å². The van der Waals surface area contributed by atoms with Crippen LogP contribution in [0.5, 0.6) is 23.0 Å². The molecule has 9 heteroatoms. The summed E-state index contributed by atoms with van der Waals surface area (Å²) >= 11 is 0. The Morgan fingerprint density at radius 2 is 1.24 bits per heavy atom. The van der Waals surface area contributed by atoms with E-state index < -0.39 is 17.9 Å². The number of benzene rings is 3. The lowest BCUT2D eigenvalue weighted by atomic mass is 10.1. The van der Waals surface area contributed by atoms with Gasteiger partial charge in [-0.25, -0.2) is 9.59 Å². The summed E-state index contributed by atoms with van der Waals surface area (Å²) in [4.78, 5) is 36.6. The van der Waals surface area contributed by atoms with E-state index in [1.165, 1.54) is 26.0 Å². The highest BCUT2D eigenvalue weighted by molar-refractivity contribution is 5.91. The van der Waals surface area contributed by atoms with E-state index in [4.69, 9.17) is 29.2 Å². The first-order chi connectivity index (χ1) is 20.1. The van der Waals surface area contributed by atoms with Crippen LogP contribution in [0, 0.1) is 5.92 Å². The van der Waals surface area contributed by atoms with Gasteiger partial charge in [0.1, 0.15) is 11.5 Å². The van der Waals surface area contributed by atoms with Crippen molar-refractivity contribution < 1.29 is 43.5 Å². The molecular weight excluding hydrogens is 540 g/mol. The van der Waals surface area contributed by atoms with Gasteiger partial charge in [-0.2, -0.15) is 0 Å². The second kappa shape index (κ2) is 15.3. The molecule has 0 atom stereocenters. The van der Waals surface area contributed by atoms with Crippen LogP contribution in [0.1, 0.15) is 25.8 Å². The number of carbonyl (C=O) groups excluding carboxylic acids is 3. The zero-order valence-electron chi connectivity index (χ0n) is 23.6. The number of aryl methyl sites for hydroxylation is 1. The van der Waals surface area contributed by atoms with Crippen molar-refractivity contribution >= 4 is 17.9 Å². The van der Waals surface area contributed by atoms with Gasteiger partial charge in [-0.15, -0.1) is 0 Å². The van der Waals surface area contributed by atoms with Crippen molar-refractivity contribution in [1.82, 2.24) is 0 Å². The van der Waals surface area contributed by atoms with Crippen LogP contribution < -0.4 is 18.9 Å². The van der Waals surface area contributed by atoms with Gasteiger partial charge in [0, 0.05) is 23.5 Å². The Hall–Kier alpha value is -4.73. The van der Waals surface area contributed by atoms with Gasteiger partial charge in [0.15, 0.2) is 11.5 Å². The predicted octanol–water partition coefficient (Wildman–Crippen LogP) is 4.83. The van der Waals surface area contributed by atoms with E-state index in [2.05, 4.69) is 13.2 Å². The molecule has 3 aromatic rings. The topological polar surface area (TPSA) is 129 Å². The fourth-order valence-electron chi connectivity index (χ4n) is 3.51. The molecule has 42 heavy (non-hydrogen) atoms. The van der Waals surface area contributed by atoms with Gasteiger partial charge in [-0.1, -0.05) is 43.5 Å². The van der Waals surface area contributed by atoms with E-state index in [0.717, 1.165) is 11.1 Å². The van der Waals surface area contributed by atoms with Gasteiger partial charge in [0.25, 0.3) is 0 Å². The smallest absolute Gasteiger partial charge is 0.338 e. The SMILES string of the molecule is C=C(C)C(=O)Oc1ccc(CCC(=O)Oc2ccc(-c3ccc(OCC(CO)CO)cc3)cc2)cc1OC(=O)C(=C)C. The van der Waals surface area contributed by atoms with Crippen molar-refractivity contribution in [3.8, 4) is 34.1 Å². The molecule has 0 bridgehead atoms. The maximum atomic E-state index is 12.5. The number of esters is 3. The van der Waals surface area contributed by atoms with Crippen LogP contribution >= 0.6 is 0 Å². The lowest BCUT2D eigenvalue weighted by Crippen LogP contribution is -2.19. The monoisotopic (exact) mass is 574 g/mol. The zero-order chi connectivity index (χ0) is 30.6. The molecule has 0 aliphatic heterocycles. The van der Waals surface area contributed by atoms with Gasteiger partial charge in [-0.3, -0.25) is 4.79 Å². The molecule has 0 saturated carbocycles. The van der Waals surface area contributed by atoms with Gasteiger partial charge >= 0.3 is 17.9 Å². The first kappa shape index (κ1) is 31.8. The van der Waals surface area contributed by atoms with Gasteiger partial charge in [-0.05, 0) is 73.4 Å². The molecule has 0 amide bonds. The molecule has 220 valence electrons. The minimum Gasteiger partial charge on any atom is -0.493 e. The van der Waals surface area contributed by atoms with Crippen LogP contribution in [0.2, 0.25) is 0 Å². The predicted molar refractivity (Wildman–Crippen MR) is 156 cm³/mol. The molecule has 0 saturated heterocycles. The third kappa shape index (κ3) is 9.43. The van der Waals surface area contributed by atoms with Crippen LogP contribution in [0.3, 0.4) is 0 Å². The Balaban J connectivity index is 1.58. The second-order valence-electron chi connectivity index (χ2n) is 9.69. The first-order valence-electron chi connectivity index (χ1n) is 13.2. The normalized spacial score (nSPS) is 10.6. The summed E-state index contributed by atoms with van der Waals surface area (Å²) in [7, 11) is 0. The highest BCUT2D eigenvalue weighted by Crippen LogP contribution is 2.31. The molecule has 0 fully saturated rings. The first-order valence-corrected chi connectivity index (χ1v) is 13.2. The van der Waals surface area contributed by atoms with Gasteiger partial charge in [0.05, 0.1) is 19.8 Å². The highest BCUT2D eigenvalue weighted by atomic mass is 16.6. The Labute approximate surface area is 244 Å². The minimum absolute atomic E-state index is 0.0261. The molecule has 0 aliphatic rings. The summed E-state index contributed by atoms with van der Waals surface area (Å²) in [6.07, 6.45) is 0.338. The fourth-order valence-corrected chi connectivity index (χ4v) is 3.51. The molecule has 0 aliphatic carbocycles. The number of rotatable bonds is 14. The number of ether oxygens (including phenoxy) is 4. The molecule has 9 nitrogen and oxygen atoms in total. The van der Waals surface area contributed by atoms with Crippen molar-refractivity contribution in [3.63, 3.8) is 0 Å². The Morgan fingerprint density at radius 1 is 0.714 bits per heavy atom. The Morgan fingerprint density at radius 3 is 1.76 bits per heavy atom. The maximum Gasteiger partial charge on any atom is 0.338 e. The van der Waals surface area contributed by atoms with E-state index in [9.17, 15) is 14.4 Å². The van der Waals surface area contributed by atoms with E-state index in [-0.39, 0.29) is 61.2 Å². The summed E-state index contributed by atoms with van der Waals surface area (Å²) in [5.41, 5.74) is 2.86. The Kier molecular flexibility index (Phi) is 11.6. The lowest BCUT2D eigenvalue weighted by Gasteiger charge is -2.13. The molecule has 0 radical (unpaired) electrons. The third-order valence-corrected chi connectivity index (χ3v) is 6.00. The van der Waals surface area contributed by atoms with Crippen molar-refractivity contribution in [2.75, 3.05) is 19.8 Å². The molecule has 3 aromatic carbocycles. The minimum atomic E-state index is -0.679. The average molecular weight is 575 g/mol. The second-order valence-corrected chi connectivity index (χ2v) is 9.69. The number of hydrogen-bond donors (Lipinski definition) is 2. The molecular formula is C33H34O9. The molecule has 2 N–H and O–H groups in total. The number of aliphatic hydroxyl groups excluding tert-OH is 2. The summed E-state index contributed by atoms with van der Waals surface area (Å²) in [6.45, 7) is 10.0. The average Bonchev–Trinajstić information content (AvgIpc) is 2.98. The van der Waals surface area contributed by atoms with Crippen LogP contribution in [0.15, 0.2) is 91.0 Å². The molecule has 0 unspecified atom stereocenters. The standard InChI is InChI=1S/C33H34O9/c1-21(2)32(37)41-29-15-5-23(17-30(29)42-33(38)22(3)4)6-16-31(36)40-28-13-9-26(10-14-28)25-7-11-27(12-8-25)39-20-24(18-34)19-35/h5,7-15,17,24,34-35H,1,3,6,16,18-20H2,2,4H3. The van der Waals surface area contributed by atoms with E-state index in [1.807, 2.05) is 24.3 Å². The van der Waals surface area contributed by atoms with Crippen molar-refractivity contribution in [1.29, 1.82) is 0 Å². The van der Waals surface area contributed by atoms with Crippen LogP contribution in [0.25, 0.3) is 11.1 Å². The van der Waals surface area contributed by atoms with E-state index >= 15 is 0 Å². The Bertz CT molecular complexity index is 1420. The summed E-state index contributed by atoms with van der Waals surface area (Å²) in [5, 5.41) is 18.3. The molecule has 0 aromatic heterocycles. The number of hydrogen-bond acceptors (Lipinski definition) is 9. The summed E-state index contributed by atoms with van der Waals surface area (Å²) < 4.78 is 21.7. The molecule has 0 spiro atoms. The summed E-state index contributed by atoms with van der Waals surface area (Å²) in [5.74, 6) is -1.04. The van der Waals surface area contributed by atoms with E-state index in [0.29, 0.717) is 17.1 Å². The molecule has 0 heterocycles. The van der Waals surface area contributed by atoms with E-state index in [1.54, 1.807) is 30.3 Å². The van der Waals surface area contributed by atoms with Crippen molar-refractivity contribution in [3.05, 3.63) is 96.6 Å². The summed E-state index contributed by atoms with van der Waals surface area (Å²) in [6, 6.07) is 19.1. The van der Waals surface area contributed by atoms with Crippen LogP contribution in [-0.2, 0) is 20.8 Å².